The van der Waals surface area contributed by atoms with Crippen molar-refractivity contribution in [2.24, 2.45) is 0 Å². The molecule has 1 saturated heterocycles. The molecule has 0 aliphatic carbocycles. The Bertz CT molecular complexity index is 636. The highest BCUT2D eigenvalue weighted by Gasteiger charge is 2.36. The van der Waals surface area contributed by atoms with E-state index in [-0.39, 0.29) is 0 Å². The zero-order valence-corrected chi connectivity index (χ0v) is 12.0. The van der Waals surface area contributed by atoms with E-state index in [0.29, 0.717) is 0 Å². The van der Waals surface area contributed by atoms with Gasteiger partial charge in [0.1, 0.15) is 0 Å². The molecule has 1 N–H and O–H groups in total. The van der Waals surface area contributed by atoms with Gasteiger partial charge in [0.15, 0.2) is 0 Å². The van der Waals surface area contributed by atoms with Crippen LogP contribution in [0.2, 0.25) is 0 Å². The molecular weight excluding hydrogens is 258 g/mol. The second-order valence-electron chi connectivity index (χ2n) is 5.35. The Morgan fingerprint density at radius 2 is 1.43 bits per heavy atom. The minimum absolute atomic E-state index is 0.843. The van der Waals surface area contributed by atoms with Gasteiger partial charge in [-0.05, 0) is 30.9 Å². The first kappa shape index (κ1) is 13.9. The molecule has 1 heterocycles. The van der Waals surface area contributed by atoms with Crippen molar-refractivity contribution in [2.75, 3.05) is 13.1 Å². The molecule has 106 valence electrons. The second kappa shape index (κ2) is 6.13. The van der Waals surface area contributed by atoms with E-state index in [1.54, 1.807) is 0 Å². The van der Waals surface area contributed by atoms with Crippen molar-refractivity contribution in [3.8, 4) is 11.8 Å². The number of aliphatic hydroxyl groups is 1. The lowest BCUT2D eigenvalue weighted by atomic mass is 10.0. The van der Waals surface area contributed by atoms with Crippen LogP contribution < -0.4 is 0 Å². The van der Waals surface area contributed by atoms with Gasteiger partial charge in [-0.1, -0.05) is 54.5 Å². The summed E-state index contributed by atoms with van der Waals surface area (Å²) in [6.07, 6.45) is 2.23. The van der Waals surface area contributed by atoms with Gasteiger partial charge in [0.25, 0.3) is 0 Å². The van der Waals surface area contributed by atoms with Crippen molar-refractivity contribution in [1.82, 2.24) is 4.90 Å². The zero-order chi connectivity index (χ0) is 14.5. The predicted molar refractivity (Wildman–Crippen MR) is 84.5 cm³/mol. The van der Waals surface area contributed by atoms with Crippen LogP contribution >= 0.6 is 0 Å². The third-order valence-corrected chi connectivity index (χ3v) is 3.89. The summed E-state index contributed by atoms with van der Waals surface area (Å²) >= 11 is 0. The third-order valence-electron chi connectivity index (χ3n) is 3.89. The number of nitrogens with zero attached hydrogens (tertiary/aromatic N) is 1. The summed E-state index contributed by atoms with van der Waals surface area (Å²) in [5, 5.41) is 11.2. The number of hydrogen-bond donors (Lipinski definition) is 1. The molecular formula is C19H19NO. The van der Waals surface area contributed by atoms with Gasteiger partial charge in [-0.25, -0.2) is 0 Å². The maximum Gasteiger partial charge on any atom is 0.209 e. The minimum Gasteiger partial charge on any atom is -0.361 e. The molecule has 2 aromatic carbocycles. The average molecular weight is 277 g/mol. The fourth-order valence-corrected chi connectivity index (χ4v) is 2.73. The van der Waals surface area contributed by atoms with E-state index in [1.807, 2.05) is 60.7 Å². The fraction of sp³-hybridized carbons (Fsp3) is 0.263. The smallest absolute Gasteiger partial charge is 0.209 e. The zero-order valence-electron chi connectivity index (χ0n) is 12.0. The van der Waals surface area contributed by atoms with E-state index in [1.165, 1.54) is 0 Å². The molecule has 1 atom stereocenters. The van der Waals surface area contributed by atoms with Crippen molar-refractivity contribution in [1.29, 1.82) is 0 Å². The van der Waals surface area contributed by atoms with Gasteiger partial charge in [0.05, 0.1) is 0 Å². The van der Waals surface area contributed by atoms with Gasteiger partial charge >= 0.3 is 0 Å². The maximum atomic E-state index is 11.2. The van der Waals surface area contributed by atoms with E-state index in [2.05, 4.69) is 16.7 Å². The van der Waals surface area contributed by atoms with Crippen molar-refractivity contribution in [3.63, 3.8) is 0 Å². The maximum absolute atomic E-state index is 11.2. The Morgan fingerprint density at radius 3 is 2.05 bits per heavy atom. The van der Waals surface area contributed by atoms with Crippen LogP contribution in [0.5, 0.6) is 0 Å². The van der Waals surface area contributed by atoms with Crippen LogP contribution in [0.4, 0.5) is 0 Å². The van der Waals surface area contributed by atoms with Gasteiger partial charge < -0.3 is 5.11 Å². The molecule has 0 radical (unpaired) electrons. The number of hydrogen-bond acceptors (Lipinski definition) is 2. The molecule has 2 nitrogen and oxygen atoms in total. The van der Waals surface area contributed by atoms with E-state index in [4.69, 9.17) is 0 Å². The Hall–Kier alpha value is -2.08. The SMILES string of the molecule is OC(C#Cc1ccccc1)(c1ccccc1)N1CCCC1. The van der Waals surface area contributed by atoms with Gasteiger partial charge in [0, 0.05) is 24.2 Å². The van der Waals surface area contributed by atoms with Gasteiger partial charge in [-0.2, -0.15) is 0 Å². The van der Waals surface area contributed by atoms with Crippen molar-refractivity contribution in [3.05, 3.63) is 71.8 Å². The second-order valence-corrected chi connectivity index (χ2v) is 5.35. The monoisotopic (exact) mass is 277 g/mol. The Labute approximate surface area is 126 Å². The first-order valence-electron chi connectivity index (χ1n) is 7.40. The van der Waals surface area contributed by atoms with Crippen LogP contribution in [0, 0.1) is 11.8 Å². The van der Waals surface area contributed by atoms with Crippen molar-refractivity contribution in [2.45, 2.75) is 18.6 Å². The van der Waals surface area contributed by atoms with Gasteiger partial charge in [0.2, 0.25) is 5.72 Å². The summed E-state index contributed by atoms with van der Waals surface area (Å²) in [7, 11) is 0. The summed E-state index contributed by atoms with van der Waals surface area (Å²) < 4.78 is 0. The summed E-state index contributed by atoms with van der Waals surface area (Å²) in [5.74, 6) is 6.22. The summed E-state index contributed by atoms with van der Waals surface area (Å²) in [6, 6.07) is 19.5. The van der Waals surface area contributed by atoms with Crippen LogP contribution in [0.3, 0.4) is 0 Å². The lowest BCUT2D eigenvalue weighted by Gasteiger charge is -2.32. The lowest BCUT2D eigenvalue weighted by molar-refractivity contribution is -0.0515. The Kier molecular flexibility index (Phi) is 4.06. The van der Waals surface area contributed by atoms with Crippen LogP contribution in [-0.4, -0.2) is 23.1 Å². The van der Waals surface area contributed by atoms with Gasteiger partial charge in [-0.3, -0.25) is 4.90 Å². The summed E-state index contributed by atoms with van der Waals surface area (Å²) in [5.41, 5.74) is 0.564. The van der Waals surface area contributed by atoms with Gasteiger partial charge in [-0.15, -0.1) is 0 Å². The summed E-state index contributed by atoms with van der Waals surface area (Å²) in [6.45, 7) is 1.77. The normalized spacial score (nSPS) is 17.8. The molecule has 1 unspecified atom stereocenters. The average Bonchev–Trinajstić information content (AvgIpc) is 3.09. The van der Waals surface area contributed by atoms with E-state index >= 15 is 0 Å². The minimum atomic E-state index is -1.20. The van der Waals surface area contributed by atoms with Crippen molar-refractivity contribution >= 4 is 0 Å². The molecule has 1 aliphatic heterocycles. The molecule has 1 aliphatic rings. The molecule has 1 fully saturated rings. The molecule has 0 amide bonds. The Balaban J connectivity index is 1.99. The highest BCUT2D eigenvalue weighted by Crippen LogP contribution is 2.28. The highest BCUT2D eigenvalue weighted by atomic mass is 16.3. The fourth-order valence-electron chi connectivity index (χ4n) is 2.73. The summed E-state index contributed by atoms with van der Waals surface area (Å²) in [4.78, 5) is 2.07. The molecule has 2 aromatic rings. The molecule has 21 heavy (non-hydrogen) atoms. The highest BCUT2D eigenvalue weighted by molar-refractivity contribution is 5.39. The molecule has 2 heteroatoms. The first-order valence-corrected chi connectivity index (χ1v) is 7.40. The molecule has 3 rings (SSSR count). The predicted octanol–water partition coefficient (Wildman–Crippen LogP) is 2.98. The van der Waals surface area contributed by atoms with Crippen LogP contribution in [-0.2, 0) is 5.72 Å². The number of likely N-dealkylation sites (tertiary alicyclic amines) is 1. The Morgan fingerprint density at radius 1 is 0.857 bits per heavy atom. The molecule has 0 bridgehead atoms. The first-order chi connectivity index (χ1) is 10.3. The third kappa shape index (κ3) is 3.00. The number of benzene rings is 2. The molecule has 0 spiro atoms. The van der Waals surface area contributed by atoms with Crippen molar-refractivity contribution < 1.29 is 5.11 Å². The standard InChI is InChI=1S/C19H19NO/c21-19(20-15-7-8-16-20,18-11-5-2-6-12-18)14-13-17-9-3-1-4-10-17/h1-6,9-12,21H,7-8,15-16H2. The van der Waals surface area contributed by atoms with Crippen LogP contribution in [0.15, 0.2) is 60.7 Å². The molecule has 0 aromatic heterocycles. The quantitative estimate of drug-likeness (QED) is 0.853. The lowest BCUT2D eigenvalue weighted by Crippen LogP contribution is -2.43. The van der Waals surface area contributed by atoms with E-state index in [9.17, 15) is 5.11 Å². The molecule has 0 saturated carbocycles. The topological polar surface area (TPSA) is 23.5 Å². The van der Waals surface area contributed by atoms with Crippen LogP contribution in [0.1, 0.15) is 24.0 Å². The number of rotatable bonds is 2. The van der Waals surface area contributed by atoms with Crippen LogP contribution in [0.25, 0.3) is 0 Å². The largest absolute Gasteiger partial charge is 0.361 e. The van der Waals surface area contributed by atoms with E-state index in [0.717, 1.165) is 37.1 Å². The van der Waals surface area contributed by atoms with E-state index < -0.39 is 5.72 Å².